The van der Waals surface area contributed by atoms with Crippen LogP contribution in [0.5, 0.6) is 5.75 Å². The maximum Gasteiger partial charge on any atom is 0.257 e. The van der Waals surface area contributed by atoms with E-state index in [2.05, 4.69) is 10.4 Å². The molecule has 3 rings (SSSR count). The molecule has 2 aliphatic heterocycles. The minimum Gasteiger partial charge on any atom is -0.508 e. The Labute approximate surface area is 98.7 Å². The zero-order valence-electron chi connectivity index (χ0n) is 9.26. The van der Waals surface area contributed by atoms with Gasteiger partial charge in [-0.3, -0.25) is 4.79 Å². The van der Waals surface area contributed by atoms with Gasteiger partial charge < -0.3 is 10.4 Å². The van der Waals surface area contributed by atoms with Gasteiger partial charge in [-0.25, -0.2) is 5.01 Å². The van der Waals surface area contributed by atoms with Crippen LogP contribution < -0.4 is 10.3 Å². The number of piperidine rings is 1. The number of nitrogens with zero attached hydrogens (tertiary/aromatic N) is 2. The fourth-order valence-electron chi connectivity index (χ4n) is 2.21. The number of carbonyl (C=O) groups excluding carboxylic acids is 1. The van der Waals surface area contributed by atoms with Gasteiger partial charge in [-0.1, -0.05) is 0 Å². The second kappa shape index (κ2) is 3.85. The summed E-state index contributed by atoms with van der Waals surface area (Å²) in [5.74, 6) is 0.0857. The van der Waals surface area contributed by atoms with E-state index in [9.17, 15) is 9.90 Å². The Kier molecular flexibility index (Phi) is 2.33. The van der Waals surface area contributed by atoms with Crippen LogP contribution in [0, 0.1) is 5.92 Å². The molecular weight excluding hydrogens is 218 g/mol. The average molecular weight is 231 g/mol. The highest BCUT2D eigenvalue weighted by Gasteiger charge is 2.37. The third-order valence-electron chi connectivity index (χ3n) is 3.14. The molecule has 1 atom stereocenters. The minimum atomic E-state index is -0.113. The van der Waals surface area contributed by atoms with Gasteiger partial charge in [-0.2, -0.15) is 5.10 Å². The lowest BCUT2D eigenvalue weighted by molar-refractivity contribution is -0.119. The summed E-state index contributed by atoms with van der Waals surface area (Å²) in [5.41, 5.74) is 1.66. The summed E-state index contributed by atoms with van der Waals surface area (Å²) >= 11 is 0. The SMILES string of the molecule is O=C1C2CNCCC2=NN1c1ccc(O)cc1. The lowest BCUT2D eigenvalue weighted by Gasteiger charge is -2.18. The molecule has 1 aromatic carbocycles. The molecule has 1 saturated heterocycles. The van der Waals surface area contributed by atoms with Crippen molar-refractivity contribution < 1.29 is 9.90 Å². The van der Waals surface area contributed by atoms with E-state index in [4.69, 9.17) is 0 Å². The van der Waals surface area contributed by atoms with Crippen LogP contribution in [-0.4, -0.2) is 29.8 Å². The van der Waals surface area contributed by atoms with Crippen LogP contribution in [0.3, 0.4) is 0 Å². The third kappa shape index (κ3) is 1.68. The minimum absolute atomic E-state index is 0.0119. The van der Waals surface area contributed by atoms with E-state index in [0.29, 0.717) is 12.2 Å². The van der Waals surface area contributed by atoms with Crippen LogP contribution in [0.25, 0.3) is 0 Å². The molecule has 0 radical (unpaired) electrons. The second-order valence-corrected chi connectivity index (χ2v) is 4.26. The van der Waals surface area contributed by atoms with Gasteiger partial charge in [0, 0.05) is 19.5 Å². The molecule has 2 N–H and O–H groups in total. The highest BCUT2D eigenvalue weighted by molar-refractivity contribution is 6.16. The number of rotatable bonds is 1. The van der Waals surface area contributed by atoms with Crippen LogP contribution in [0.2, 0.25) is 0 Å². The summed E-state index contributed by atoms with van der Waals surface area (Å²) in [6.07, 6.45) is 0.824. The van der Waals surface area contributed by atoms with Crippen molar-refractivity contribution in [2.75, 3.05) is 18.1 Å². The maximum atomic E-state index is 12.1. The molecule has 0 aromatic heterocycles. The predicted molar refractivity (Wildman–Crippen MR) is 64.0 cm³/mol. The van der Waals surface area contributed by atoms with Crippen LogP contribution in [0.1, 0.15) is 6.42 Å². The molecule has 17 heavy (non-hydrogen) atoms. The zero-order chi connectivity index (χ0) is 11.8. The van der Waals surface area contributed by atoms with E-state index in [0.717, 1.165) is 18.7 Å². The molecule has 0 spiro atoms. The number of anilines is 1. The van der Waals surface area contributed by atoms with Gasteiger partial charge in [0.05, 0.1) is 17.3 Å². The zero-order valence-corrected chi connectivity index (χ0v) is 9.26. The Morgan fingerprint density at radius 2 is 2.12 bits per heavy atom. The Morgan fingerprint density at radius 1 is 1.35 bits per heavy atom. The highest BCUT2D eigenvalue weighted by Crippen LogP contribution is 2.27. The first-order valence-corrected chi connectivity index (χ1v) is 5.67. The van der Waals surface area contributed by atoms with E-state index < -0.39 is 0 Å². The second-order valence-electron chi connectivity index (χ2n) is 4.26. The number of carbonyl (C=O) groups is 1. The molecule has 5 nitrogen and oxygen atoms in total. The Morgan fingerprint density at radius 3 is 2.82 bits per heavy atom. The number of phenols is 1. The quantitative estimate of drug-likeness (QED) is 0.748. The fourth-order valence-corrected chi connectivity index (χ4v) is 2.21. The topological polar surface area (TPSA) is 64.9 Å². The molecule has 0 bridgehead atoms. The van der Waals surface area contributed by atoms with Crippen molar-refractivity contribution in [1.82, 2.24) is 5.32 Å². The largest absolute Gasteiger partial charge is 0.508 e. The number of hydrogen-bond donors (Lipinski definition) is 2. The summed E-state index contributed by atoms with van der Waals surface area (Å²) in [7, 11) is 0. The number of hydrogen-bond acceptors (Lipinski definition) is 4. The summed E-state index contributed by atoms with van der Waals surface area (Å²) in [5, 5.41) is 18.2. The van der Waals surface area contributed by atoms with Crippen molar-refractivity contribution in [2.24, 2.45) is 11.0 Å². The molecule has 2 heterocycles. The molecule has 1 aromatic rings. The normalized spacial score (nSPS) is 23.5. The molecule has 1 unspecified atom stereocenters. The van der Waals surface area contributed by atoms with Crippen LogP contribution in [0.4, 0.5) is 5.69 Å². The first kappa shape index (κ1) is 10.3. The van der Waals surface area contributed by atoms with Gasteiger partial charge in [-0.15, -0.1) is 0 Å². The van der Waals surface area contributed by atoms with Crippen LogP contribution in [-0.2, 0) is 4.79 Å². The number of fused-ring (bicyclic) bond motifs is 1. The summed E-state index contributed by atoms with van der Waals surface area (Å²) in [4.78, 5) is 12.1. The first-order chi connectivity index (χ1) is 8.25. The molecule has 0 aliphatic carbocycles. The van der Waals surface area contributed by atoms with Gasteiger partial charge in [0.1, 0.15) is 5.75 Å². The molecule has 2 aliphatic rings. The third-order valence-corrected chi connectivity index (χ3v) is 3.14. The predicted octanol–water partition coefficient (Wildman–Crippen LogP) is 0.704. The number of aromatic hydroxyl groups is 1. The summed E-state index contributed by atoms with van der Waals surface area (Å²) in [6.45, 7) is 1.55. The fraction of sp³-hybridized carbons (Fsp3) is 0.333. The molecule has 1 fully saturated rings. The monoisotopic (exact) mass is 231 g/mol. The number of benzene rings is 1. The van der Waals surface area contributed by atoms with Crippen molar-refractivity contribution in [2.45, 2.75) is 6.42 Å². The van der Waals surface area contributed by atoms with Gasteiger partial charge in [-0.05, 0) is 24.3 Å². The van der Waals surface area contributed by atoms with Crippen molar-refractivity contribution in [3.8, 4) is 5.75 Å². The average Bonchev–Trinajstić information content (AvgIpc) is 2.69. The van der Waals surface area contributed by atoms with E-state index in [1.165, 1.54) is 5.01 Å². The van der Waals surface area contributed by atoms with E-state index in [-0.39, 0.29) is 17.6 Å². The van der Waals surface area contributed by atoms with E-state index >= 15 is 0 Å². The molecule has 88 valence electrons. The number of nitrogens with one attached hydrogen (secondary N) is 1. The van der Waals surface area contributed by atoms with Gasteiger partial charge in [0.2, 0.25) is 0 Å². The van der Waals surface area contributed by atoms with Crippen LogP contribution >= 0.6 is 0 Å². The van der Waals surface area contributed by atoms with Crippen molar-refractivity contribution in [3.63, 3.8) is 0 Å². The maximum absolute atomic E-state index is 12.1. The summed E-state index contributed by atoms with van der Waals surface area (Å²) in [6, 6.07) is 6.51. The lowest BCUT2D eigenvalue weighted by atomic mass is 9.97. The number of hydrazone groups is 1. The lowest BCUT2D eigenvalue weighted by Crippen LogP contribution is -2.40. The smallest absolute Gasteiger partial charge is 0.257 e. The first-order valence-electron chi connectivity index (χ1n) is 5.67. The molecular formula is C12H13N3O2. The Hall–Kier alpha value is -1.88. The number of amides is 1. The highest BCUT2D eigenvalue weighted by atomic mass is 16.3. The van der Waals surface area contributed by atoms with Crippen molar-refractivity contribution >= 4 is 17.3 Å². The van der Waals surface area contributed by atoms with Crippen molar-refractivity contribution in [3.05, 3.63) is 24.3 Å². The summed E-state index contributed by atoms with van der Waals surface area (Å²) < 4.78 is 0. The molecule has 1 amide bonds. The van der Waals surface area contributed by atoms with Gasteiger partial charge >= 0.3 is 0 Å². The number of phenolic OH excluding ortho intramolecular Hbond substituents is 1. The molecule has 5 heteroatoms. The van der Waals surface area contributed by atoms with Gasteiger partial charge in [0.25, 0.3) is 5.91 Å². The Balaban J connectivity index is 1.92. The van der Waals surface area contributed by atoms with E-state index in [1.54, 1.807) is 24.3 Å². The van der Waals surface area contributed by atoms with Crippen LogP contribution in [0.15, 0.2) is 29.4 Å². The van der Waals surface area contributed by atoms with Gasteiger partial charge in [0.15, 0.2) is 0 Å². The Bertz CT molecular complexity index is 481. The standard InChI is InChI=1S/C12H13N3O2/c16-9-3-1-8(2-4-9)15-12(17)10-7-13-6-5-11(10)14-15/h1-4,10,13,16H,5-7H2. The van der Waals surface area contributed by atoms with E-state index in [1.807, 2.05) is 0 Å². The van der Waals surface area contributed by atoms with Crippen molar-refractivity contribution in [1.29, 1.82) is 0 Å². The molecule has 0 saturated carbocycles.